The van der Waals surface area contributed by atoms with E-state index in [0.717, 1.165) is 5.02 Å². The molecule has 1 N–H and O–H groups in total. The van der Waals surface area contributed by atoms with E-state index >= 15 is 0 Å². The predicted molar refractivity (Wildman–Crippen MR) is 67.8 cm³/mol. The molecule has 0 aliphatic heterocycles. The van der Waals surface area contributed by atoms with Gasteiger partial charge >= 0.3 is 0 Å². The third kappa shape index (κ3) is 2.90. The number of benzene rings is 1. The SMILES string of the molecule is CNC1CCCC1Sc1cccc(Cl)c1. The zero-order valence-corrected chi connectivity index (χ0v) is 10.4. The molecule has 2 rings (SSSR count). The third-order valence-corrected chi connectivity index (χ3v) is 4.54. The van der Waals surface area contributed by atoms with Crippen LogP contribution in [-0.4, -0.2) is 18.3 Å². The quantitative estimate of drug-likeness (QED) is 0.868. The zero-order valence-electron chi connectivity index (χ0n) is 8.87. The Balaban J connectivity index is 2.02. The van der Waals surface area contributed by atoms with Crippen LogP contribution in [0, 0.1) is 0 Å². The van der Waals surface area contributed by atoms with Crippen LogP contribution in [0.5, 0.6) is 0 Å². The van der Waals surface area contributed by atoms with Gasteiger partial charge in [-0.25, -0.2) is 0 Å². The third-order valence-electron chi connectivity index (χ3n) is 2.91. The molecule has 1 fully saturated rings. The number of nitrogens with one attached hydrogen (secondary N) is 1. The van der Waals surface area contributed by atoms with Gasteiger partial charge < -0.3 is 5.32 Å². The Labute approximate surface area is 101 Å². The topological polar surface area (TPSA) is 12.0 Å². The standard InChI is InChI=1S/C12H16ClNS/c1-14-11-6-3-7-12(11)15-10-5-2-4-9(13)8-10/h2,4-5,8,11-12,14H,3,6-7H2,1H3. The van der Waals surface area contributed by atoms with E-state index in [0.29, 0.717) is 11.3 Å². The largest absolute Gasteiger partial charge is 0.316 e. The zero-order chi connectivity index (χ0) is 10.7. The van der Waals surface area contributed by atoms with Crippen molar-refractivity contribution in [1.29, 1.82) is 0 Å². The van der Waals surface area contributed by atoms with Crippen LogP contribution in [0.4, 0.5) is 0 Å². The van der Waals surface area contributed by atoms with Gasteiger partial charge in [0.25, 0.3) is 0 Å². The molecule has 0 bridgehead atoms. The van der Waals surface area contributed by atoms with E-state index in [1.807, 2.05) is 23.9 Å². The van der Waals surface area contributed by atoms with Crippen molar-refractivity contribution in [2.24, 2.45) is 0 Å². The molecular formula is C12H16ClNS. The van der Waals surface area contributed by atoms with Crippen LogP contribution in [0.1, 0.15) is 19.3 Å². The summed E-state index contributed by atoms with van der Waals surface area (Å²) >= 11 is 7.92. The van der Waals surface area contributed by atoms with Crippen LogP contribution in [-0.2, 0) is 0 Å². The molecule has 82 valence electrons. The lowest BCUT2D eigenvalue weighted by Gasteiger charge is -2.18. The summed E-state index contributed by atoms with van der Waals surface area (Å²) in [6, 6.07) is 8.80. The Kier molecular flexibility index (Phi) is 3.95. The molecule has 0 amide bonds. The van der Waals surface area contributed by atoms with Gasteiger partial charge in [0, 0.05) is 21.2 Å². The van der Waals surface area contributed by atoms with Crippen molar-refractivity contribution in [2.45, 2.75) is 35.4 Å². The van der Waals surface area contributed by atoms with E-state index in [2.05, 4.69) is 24.5 Å². The van der Waals surface area contributed by atoms with Crippen LogP contribution in [0.25, 0.3) is 0 Å². The van der Waals surface area contributed by atoms with E-state index in [4.69, 9.17) is 11.6 Å². The summed E-state index contributed by atoms with van der Waals surface area (Å²) in [6.45, 7) is 0. The average Bonchev–Trinajstić information content (AvgIpc) is 2.65. The van der Waals surface area contributed by atoms with Crippen molar-refractivity contribution < 1.29 is 0 Å². The molecule has 1 aliphatic carbocycles. The first-order valence-electron chi connectivity index (χ1n) is 5.39. The normalized spacial score (nSPS) is 25.7. The molecule has 3 heteroatoms. The summed E-state index contributed by atoms with van der Waals surface area (Å²) in [5, 5.41) is 4.93. The molecule has 0 heterocycles. The van der Waals surface area contributed by atoms with Crippen LogP contribution in [0.3, 0.4) is 0 Å². The van der Waals surface area contributed by atoms with Gasteiger partial charge in [0.2, 0.25) is 0 Å². The van der Waals surface area contributed by atoms with Crippen LogP contribution >= 0.6 is 23.4 Å². The van der Waals surface area contributed by atoms with Crippen LogP contribution in [0.2, 0.25) is 5.02 Å². The fourth-order valence-corrected chi connectivity index (χ4v) is 3.79. The lowest BCUT2D eigenvalue weighted by atomic mass is 10.2. The minimum Gasteiger partial charge on any atom is -0.316 e. The monoisotopic (exact) mass is 241 g/mol. The van der Waals surface area contributed by atoms with Crippen LogP contribution in [0.15, 0.2) is 29.2 Å². The molecule has 0 saturated heterocycles. The lowest BCUT2D eigenvalue weighted by Crippen LogP contribution is -2.30. The maximum atomic E-state index is 5.97. The number of halogens is 1. The van der Waals surface area contributed by atoms with Crippen molar-refractivity contribution in [3.8, 4) is 0 Å². The van der Waals surface area contributed by atoms with Crippen molar-refractivity contribution >= 4 is 23.4 Å². The minimum absolute atomic E-state index is 0.661. The summed E-state index contributed by atoms with van der Waals surface area (Å²) in [5.74, 6) is 0. The highest BCUT2D eigenvalue weighted by Gasteiger charge is 2.26. The minimum atomic E-state index is 0.661. The molecule has 1 saturated carbocycles. The predicted octanol–water partition coefficient (Wildman–Crippen LogP) is 3.57. The average molecular weight is 242 g/mol. The van der Waals surface area contributed by atoms with Crippen LogP contribution < -0.4 is 5.32 Å². The maximum absolute atomic E-state index is 5.97. The van der Waals surface area contributed by atoms with Crippen molar-refractivity contribution in [3.63, 3.8) is 0 Å². The molecule has 2 unspecified atom stereocenters. The van der Waals surface area contributed by atoms with Gasteiger partial charge in [-0.2, -0.15) is 0 Å². The Hall–Kier alpha value is -0.180. The van der Waals surface area contributed by atoms with Gasteiger partial charge in [-0.1, -0.05) is 24.1 Å². The summed E-state index contributed by atoms with van der Waals surface area (Å²) < 4.78 is 0. The molecular weight excluding hydrogens is 226 g/mol. The van der Waals surface area contributed by atoms with Gasteiger partial charge in [0.1, 0.15) is 0 Å². The van der Waals surface area contributed by atoms with Gasteiger partial charge in [-0.05, 0) is 38.1 Å². The number of rotatable bonds is 3. The second-order valence-corrected chi connectivity index (χ2v) is 5.69. The summed E-state index contributed by atoms with van der Waals surface area (Å²) in [4.78, 5) is 1.29. The molecule has 1 nitrogen and oxygen atoms in total. The Morgan fingerprint density at radius 3 is 3.00 bits per heavy atom. The Morgan fingerprint density at radius 1 is 1.40 bits per heavy atom. The van der Waals surface area contributed by atoms with E-state index in [1.54, 1.807) is 0 Å². The first-order chi connectivity index (χ1) is 7.29. The lowest BCUT2D eigenvalue weighted by molar-refractivity contribution is 0.591. The smallest absolute Gasteiger partial charge is 0.0417 e. The Bertz CT molecular complexity index is 329. The summed E-state index contributed by atoms with van der Waals surface area (Å²) in [5.41, 5.74) is 0. The fraction of sp³-hybridized carbons (Fsp3) is 0.500. The fourth-order valence-electron chi connectivity index (χ4n) is 2.11. The molecule has 1 aromatic carbocycles. The molecule has 0 aromatic heterocycles. The van der Waals surface area contributed by atoms with Gasteiger partial charge in [-0.3, -0.25) is 0 Å². The molecule has 1 aliphatic rings. The molecule has 0 spiro atoms. The first-order valence-corrected chi connectivity index (χ1v) is 6.65. The van der Waals surface area contributed by atoms with Crippen molar-refractivity contribution in [3.05, 3.63) is 29.3 Å². The molecule has 0 radical (unpaired) electrons. The van der Waals surface area contributed by atoms with E-state index < -0.39 is 0 Å². The maximum Gasteiger partial charge on any atom is 0.0417 e. The number of hydrogen-bond donors (Lipinski definition) is 1. The Morgan fingerprint density at radius 2 is 2.27 bits per heavy atom. The van der Waals surface area contributed by atoms with Gasteiger partial charge in [0.05, 0.1) is 0 Å². The van der Waals surface area contributed by atoms with Gasteiger partial charge in [0.15, 0.2) is 0 Å². The highest BCUT2D eigenvalue weighted by Crippen LogP contribution is 2.35. The highest BCUT2D eigenvalue weighted by atomic mass is 35.5. The van der Waals surface area contributed by atoms with Crippen molar-refractivity contribution in [1.82, 2.24) is 5.32 Å². The molecule has 15 heavy (non-hydrogen) atoms. The first kappa shape index (κ1) is 11.3. The number of thioether (sulfide) groups is 1. The van der Waals surface area contributed by atoms with E-state index in [9.17, 15) is 0 Å². The second-order valence-electron chi connectivity index (χ2n) is 3.94. The highest BCUT2D eigenvalue weighted by molar-refractivity contribution is 8.00. The van der Waals surface area contributed by atoms with E-state index in [-0.39, 0.29) is 0 Å². The second kappa shape index (κ2) is 5.24. The molecule has 2 atom stereocenters. The summed E-state index contributed by atoms with van der Waals surface area (Å²) in [7, 11) is 2.06. The molecule has 1 aromatic rings. The summed E-state index contributed by atoms with van der Waals surface area (Å²) in [6.07, 6.45) is 3.95. The van der Waals surface area contributed by atoms with Crippen molar-refractivity contribution in [2.75, 3.05) is 7.05 Å². The van der Waals surface area contributed by atoms with E-state index in [1.165, 1.54) is 24.2 Å². The van der Waals surface area contributed by atoms with Gasteiger partial charge in [-0.15, -0.1) is 11.8 Å². The number of hydrogen-bond acceptors (Lipinski definition) is 2.